The van der Waals surface area contributed by atoms with Crippen LogP contribution in [-0.4, -0.2) is 21.5 Å². The molecule has 0 spiro atoms. The summed E-state index contributed by atoms with van der Waals surface area (Å²) in [5.41, 5.74) is 1.54. The van der Waals surface area contributed by atoms with E-state index in [-0.39, 0.29) is 24.1 Å². The molecule has 1 saturated carbocycles. The van der Waals surface area contributed by atoms with Crippen molar-refractivity contribution in [2.24, 2.45) is 0 Å². The minimum atomic E-state index is -0.192. The standard InChI is InChI=1S/C19H18ClN3O2S/c20-13-7-5-12(6-8-13)15-10-26-18-17(15)19(25)23(11-21-18)9-16(24)22-14-3-1-2-4-14/h5-8,10-11,14H,1-4,9H2,(H,22,24). The molecule has 1 amide bonds. The van der Waals surface area contributed by atoms with Crippen LogP contribution in [0.25, 0.3) is 21.3 Å². The van der Waals surface area contributed by atoms with Crippen molar-refractivity contribution >= 4 is 39.1 Å². The molecule has 0 bridgehead atoms. The summed E-state index contributed by atoms with van der Waals surface area (Å²) in [6.45, 7) is -0.00578. The van der Waals surface area contributed by atoms with Crippen LogP contribution in [0, 0.1) is 0 Å². The van der Waals surface area contributed by atoms with E-state index in [1.807, 2.05) is 17.5 Å². The third-order valence-electron chi connectivity index (χ3n) is 4.75. The molecule has 1 aliphatic carbocycles. The molecule has 3 aromatic rings. The fraction of sp³-hybridized carbons (Fsp3) is 0.316. The Bertz CT molecular complexity index is 1000. The van der Waals surface area contributed by atoms with Crippen LogP contribution in [0.2, 0.25) is 5.02 Å². The van der Waals surface area contributed by atoms with Crippen LogP contribution in [0.3, 0.4) is 0 Å². The van der Waals surface area contributed by atoms with E-state index in [4.69, 9.17) is 11.6 Å². The first-order chi connectivity index (χ1) is 12.6. The summed E-state index contributed by atoms with van der Waals surface area (Å²) in [7, 11) is 0. The van der Waals surface area contributed by atoms with Crippen molar-refractivity contribution in [2.45, 2.75) is 38.3 Å². The molecule has 0 aliphatic heterocycles. The van der Waals surface area contributed by atoms with Crippen molar-refractivity contribution in [3.8, 4) is 11.1 Å². The lowest BCUT2D eigenvalue weighted by Crippen LogP contribution is -2.37. The fourth-order valence-corrected chi connectivity index (χ4v) is 4.45. The number of carbonyl (C=O) groups is 1. The van der Waals surface area contributed by atoms with Gasteiger partial charge in [0.15, 0.2) is 0 Å². The Hall–Kier alpha value is -2.18. The highest BCUT2D eigenvalue weighted by Crippen LogP contribution is 2.31. The number of carbonyl (C=O) groups excluding carboxylic acids is 1. The topological polar surface area (TPSA) is 64.0 Å². The fourth-order valence-electron chi connectivity index (χ4n) is 3.42. The lowest BCUT2D eigenvalue weighted by atomic mass is 10.1. The summed E-state index contributed by atoms with van der Waals surface area (Å²) in [6, 6.07) is 7.59. The lowest BCUT2D eigenvalue weighted by molar-refractivity contribution is -0.122. The van der Waals surface area contributed by atoms with Gasteiger partial charge in [-0.05, 0) is 30.5 Å². The number of nitrogens with zero attached hydrogens (tertiary/aromatic N) is 2. The van der Waals surface area contributed by atoms with Crippen LogP contribution in [0.5, 0.6) is 0 Å². The van der Waals surface area contributed by atoms with Crippen LogP contribution < -0.4 is 10.9 Å². The SMILES string of the molecule is O=C(Cn1cnc2scc(-c3ccc(Cl)cc3)c2c1=O)NC1CCCC1. The van der Waals surface area contributed by atoms with Crippen molar-refractivity contribution < 1.29 is 4.79 Å². The summed E-state index contributed by atoms with van der Waals surface area (Å²) in [5.74, 6) is -0.136. The van der Waals surface area contributed by atoms with E-state index < -0.39 is 0 Å². The second-order valence-electron chi connectivity index (χ2n) is 6.56. The first-order valence-electron chi connectivity index (χ1n) is 8.64. The summed E-state index contributed by atoms with van der Waals surface area (Å²) in [4.78, 5) is 30.3. The van der Waals surface area contributed by atoms with Crippen LogP contribution >= 0.6 is 22.9 Å². The van der Waals surface area contributed by atoms with Crippen LogP contribution in [-0.2, 0) is 11.3 Å². The Morgan fingerprint density at radius 3 is 2.73 bits per heavy atom. The molecule has 0 radical (unpaired) electrons. The zero-order chi connectivity index (χ0) is 18.1. The normalized spacial score (nSPS) is 14.8. The molecule has 1 aliphatic rings. The number of hydrogen-bond donors (Lipinski definition) is 1. The van der Waals surface area contributed by atoms with Crippen molar-refractivity contribution in [3.63, 3.8) is 0 Å². The largest absolute Gasteiger partial charge is 0.352 e. The Labute approximate surface area is 159 Å². The molecule has 2 heterocycles. The summed E-state index contributed by atoms with van der Waals surface area (Å²) < 4.78 is 1.39. The average molecular weight is 388 g/mol. The Balaban J connectivity index is 1.65. The quantitative estimate of drug-likeness (QED) is 0.739. The molecule has 2 aromatic heterocycles. The van der Waals surface area contributed by atoms with Gasteiger partial charge in [0.25, 0.3) is 5.56 Å². The second kappa shape index (κ2) is 7.21. The van der Waals surface area contributed by atoms with E-state index in [0.29, 0.717) is 15.2 Å². The molecule has 0 saturated heterocycles. The number of hydrogen-bond acceptors (Lipinski definition) is 4. The van der Waals surface area contributed by atoms with Gasteiger partial charge in [-0.2, -0.15) is 0 Å². The predicted molar refractivity (Wildman–Crippen MR) is 105 cm³/mol. The van der Waals surface area contributed by atoms with Gasteiger partial charge in [-0.25, -0.2) is 4.98 Å². The molecule has 134 valence electrons. The zero-order valence-electron chi connectivity index (χ0n) is 14.1. The van der Waals surface area contributed by atoms with E-state index in [2.05, 4.69) is 10.3 Å². The smallest absolute Gasteiger partial charge is 0.263 e. The van der Waals surface area contributed by atoms with Gasteiger partial charge in [-0.1, -0.05) is 36.6 Å². The number of rotatable bonds is 4. The molecule has 0 atom stereocenters. The van der Waals surface area contributed by atoms with Gasteiger partial charge in [-0.15, -0.1) is 11.3 Å². The molecular formula is C19H18ClN3O2S. The maximum absolute atomic E-state index is 12.9. The number of benzene rings is 1. The molecule has 5 nitrogen and oxygen atoms in total. The average Bonchev–Trinajstić information content (AvgIpc) is 3.28. The number of halogens is 1. The summed E-state index contributed by atoms with van der Waals surface area (Å²) >= 11 is 7.38. The van der Waals surface area contributed by atoms with Crippen LogP contribution in [0.4, 0.5) is 0 Å². The number of nitrogens with one attached hydrogen (secondary N) is 1. The third-order valence-corrected chi connectivity index (χ3v) is 5.89. The predicted octanol–water partition coefficient (Wildman–Crippen LogP) is 3.84. The Morgan fingerprint density at radius 1 is 1.27 bits per heavy atom. The highest BCUT2D eigenvalue weighted by atomic mass is 35.5. The lowest BCUT2D eigenvalue weighted by Gasteiger charge is -2.12. The molecule has 4 rings (SSSR count). The van der Waals surface area contributed by atoms with Gasteiger partial charge in [0.1, 0.15) is 11.4 Å². The van der Waals surface area contributed by atoms with E-state index in [1.165, 1.54) is 22.2 Å². The molecule has 26 heavy (non-hydrogen) atoms. The van der Waals surface area contributed by atoms with E-state index in [1.54, 1.807) is 12.1 Å². The van der Waals surface area contributed by atoms with Crippen molar-refractivity contribution in [1.82, 2.24) is 14.9 Å². The second-order valence-corrected chi connectivity index (χ2v) is 7.86. The molecule has 0 unspecified atom stereocenters. The van der Waals surface area contributed by atoms with E-state index in [9.17, 15) is 9.59 Å². The minimum absolute atomic E-state index is 0.00578. The highest BCUT2D eigenvalue weighted by Gasteiger charge is 2.19. The third kappa shape index (κ3) is 3.39. The van der Waals surface area contributed by atoms with Gasteiger partial charge < -0.3 is 5.32 Å². The molecule has 1 N–H and O–H groups in total. The maximum atomic E-state index is 12.9. The van der Waals surface area contributed by atoms with Gasteiger partial charge in [0, 0.05) is 22.0 Å². The number of aromatic nitrogens is 2. The first-order valence-corrected chi connectivity index (χ1v) is 9.89. The first kappa shape index (κ1) is 17.2. The van der Waals surface area contributed by atoms with Gasteiger partial charge >= 0.3 is 0 Å². The monoisotopic (exact) mass is 387 g/mol. The summed E-state index contributed by atoms with van der Waals surface area (Å²) in [6.07, 6.45) is 5.79. The van der Waals surface area contributed by atoms with Gasteiger partial charge in [0.05, 0.1) is 11.7 Å². The molecule has 1 fully saturated rings. The zero-order valence-corrected chi connectivity index (χ0v) is 15.6. The van der Waals surface area contributed by atoms with E-state index >= 15 is 0 Å². The minimum Gasteiger partial charge on any atom is -0.352 e. The molecule has 7 heteroatoms. The van der Waals surface area contributed by atoms with Crippen molar-refractivity contribution in [2.75, 3.05) is 0 Å². The molecule has 1 aromatic carbocycles. The Morgan fingerprint density at radius 2 is 2.00 bits per heavy atom. The number of fused-ring (bicyclic) bond motifs is 1. The maximum Gasteiger partial charge on any atom is 0.263 e. The highest BCUT2D eigenvalue weighted by molar-refractivity contribution is 7.17. The number of amides is 1. The Kier molecular flexibility index (Phi) is 4.78. The molecular weight excluding hydrogens is 370 g/mol. The van der Waals surface area contributed by atoms with Crippen molar-refractivity contribution in [3.05, 3.63) is 51.3 Å². The van der Waals surface area contributed by atoms with Gasteiger partial charge in [0.2, 0.25) is 5.91 Å². The van der Waals surface area contributed by atoms with Crippen molar-refractivity contribution in [1.29, 1.82) is 0 Å². The van der Waals surface area contributed by atoms with Gasteiger partial charge in [-0.3, -0.25) is 14.2 Å². The number of thiophene rings is 1. The van der Waals surface area contributed by atoms with Crippen LogP contribution in [0.1, 0.15) is 25.7 Å². The summed E-state index contributed by atoms with van der Waals surface area (Å²) in [5, 5.41) is 6.13. The van der Waals surface area contributed by atoms with E-state index in [0.717, 1.165) is 36.8 Å². The van der Waals surface area contributed by atoms with Crippen LogP contribution in [0.15, 0.2) is 40.8 Å².